The van der Waals surface area contributed by atoms with Crippen molar-refractivity contribution in [1.29, 1.82) is 0 Å². The fourth-order valence-electron chi connectivity index (χ4n) is 3.98. The van der Waals surface area contributed by atoms with Crippen molar-refractivity contribution in [2.45, 2.75) is 25.7 Å². The fourth-order valence-corrected chi connectivity index (χ4v) is 3.98. The number of benzene rings is 2. The molecule has 5 nitrogen and oxygen atoms in total. The van der Waals surface area contributed by atoms with E-state index in [1.165, 1.54) is 17.7 Å². The predicted molar refractivity (Wildman–Crippen MR) is 126 cm³/mol. The van der Waals surface area contributed by atoms with E-state index < -0.39 is 0 Å². The second kappa shape index (κ2) is 11.7. The van der Waals surface area contributed by atoms with Gasteiger partial charge in [-0.25, -0.2) is 4.39 Å². The van der Waals surface area contributed by atoms with E-state index in [1.807, 2.05) is 23.1 Å². The van der Waals surface area contributed by atoms with Crippen LogP contribution in [-0.2, 0) is 11.2 Å². The van der Waals surface area contributed by atoms with Gasteiger partial charge >= 0.3 is 0 Å². The van der Waals surface area contributed by atoms with Gasteiger partial charge in [0, 0.05) is 25.2 Å². The molecular formula is C26H33FN2O3. The number of hydrogen-bond donors (Lipinski definition) is 0. The number of amides is 1. The average molecular weight is 441 g/mol. The first-order valence-electron chi connectivity index (χ1n) is 11.1. The number of hydrogen-bond acceptors (Lipinski definition) is 4. The van der Waals surface area contributed by atoms with Gasteiger partial charge in [0.1, 0.15) is 5.82 Å². The molecule has 0 spiro atoms. The molecule has 3 rings (SSSR count). The largest absolute Gasteiger partial charge is 0.493 e. The van der Waals surface area contributed by atoms with Crippen molar-refractivity contribution in [1.82, 2.24) is 9.80 Å². The molecule has 0 N–H and O–H groups in total. The lowest BCUT2D eigenvalue weighted by molar-refractivity contribution is -0.128. The fraction of sp³-hybridized carbons (Fsp3) is 0.423. The molecule has 32 heavy (non-hydrogen) atoms. The molecule has 2 aromatic rings. The summed E-state index contributed by atoms with van der Waals surface area (Å²) in [7, 11) is 5.40. The molecule has 1 aliphatic rings. The van der Waals surface area contributed by atoms with Gasteiger partial charge in [-0.3, -0.25) is 4.79 Å². The number of piperidine rings is 1. The molecule has 1 aliphatic heterocycles. The Labute approximate surface area is 190 Å². The van der Waals surface area contributed by atoms with E-state index in [4.69, 9.17) is 9.47 Å². The number of methoxy groups -OCH3 is 2. The monoisotopic (exact) mass is 440 g/mol. The topological polar surface area (TPSA) is 42.0 Å². The second-order valence-corrected chi connectivity index (χ2v) is 8.21. The zero-order valence-corrected chi connectivity index (χ0v) is 19.3. The summed E-state index contributed by atoms with van der Waals surface area (Å²) in [6.07, 6.45) is 5.48. The first-order valence-corrected chi connectivity index (χ1v) is 11.1. The summed E-state index contributed by atoms with van der Waals surface area (Å²) in [5.74, 6) is 1.33. The molecule has 6 heteroatoms. The average Bonchev–Trinajstić information content (AvgIpc) is 2.81. The molecule has 0 aliphatic carbocycles. The van der Waals surface area contributed by atoms with E-state index in [9.17, 15) is 9.18 Å². The molecule has 1 heterocycles. The minimum absolute atomic E-state index is 0.105. The Kier molecular flexibility index (Phi) is 8.68. The third-order valence-corrected chi connectivity index (χ3v) is 5.84. The summed E-state index contributed by atoms with van der Waals surface area (Å²) in [5.41, 5.74) is 2.88. The zero-order valence-electron chi connectivity index (χ0n) is 19.3. The van der Waals surface area contributed by atoms with Gasteiger partial charge < -0.3 is 19.3 Å². The molecule has 2 aromatic carbocycles. The van der Waals surface area contributed by atoms with Crippen LogP contribution in [0.15, 0.2) is 48.0 Å². The van der Waals surface area contributed by atoms with E-state index in [1.54, 1.807) is 26.4 Å². The van der Waals surface area contributed by atoms with Crippen molar-refractivity contribution in [3.05, 3.63) is 65.0 Å². The first-order chi connectivity index (χ1) is 15.5. The van der Waals surface area contributed by atoms with Crippen molar-refractivity contribution in [3.63, 3.8) is 0 Å². The highest BCUT2D eigenvalue weighted by molar-refractivity contribution is 5.98. The van der Waals surface area contributed by atoms with Crippen LogP contribution in [-0.4, -0.2) is 63.2 Å². The molecule has 0 saturated carbocycles. The summed E-state index contributed by atoms with van der Waals surface area (Å²) in [5, 5.41) is 0. The molecule has 0 aromatic heterocycles. The number of rotatable bonds is 10. The second-order valence-electron chi connectivity index (χ2n) is 8.21. The van der Waals surface area contributed by atoms with Gasteiger partial charge in [-0.05, 0) is 80.7 Å². The highest BCUT2D eigenvalue weighted by atomic mass is 19.1. The van der Waals surface area contributed by atoms with Crippen molar-refractivity contribution >= 4 is 12.0 Å². The van der Waals surface area contributed by atoms with Crippen LogP contribution in [0.2, 0.25) is 0 Å². The van der Waals surface area contributed by atoms with E-state index in [-0.39, 0.29) is 11.7 Å². The Bertz CT molecular complexity index is 927. The number of likely N-dealkylation sites (N-methyl/N-ethyl adjacent to an activating group) is 1. The Hall–Kier alpha value is -2.86. The lowest BCUT2D eigenvalue weighted by atomic mass is 10.0. The number of likely N-dealkylation sites (tertiary alicyclic amines) is 1. The third kappa shape index (κ3) is 6.57. The maximum absolute atomic E-state index is 13.1. The van der Waals surface area contributed by atoms with Crippen LogP contribution < -0.4 is 9.47 Å². The highest BCUT2D eigenvalue weighted by Gasteiger charge is 2.22. The van der Waals surface area contributed by atoms with Gasteiger partial charge in [-0.2, -0.15) is 0 Å². The number of ether oxygens (including phenoxy) is 2. The van der Waals surface area contributed by atoms with E-state index in [2.05, 4.69) is 18.0 Å². The third-order valence-electron chi connectivity index (χ3n) is 5.84. The molecule has 1 saturated heterocycles. The maximum atomic E-state index is 13.1. The van der Waals surface area contributed by atoms with Crippen LogP contribution in [0.5, 0.6) is 11.5 Å². The lowest BCUT2D eigenvalue weighted by Crippen LogP contribution is -2.38. The highest BCUT2D eigenvalue weighted by Crippen LogP contribution is 2.27. The maximum Gasteiger partial charge on any atom is 0.249 e. The van der Waals surface area contributed by atoms with Crippen LogP contribution in [0, 0.1) is 5.82 Å². The summed E-state index contributed by atoms with van der Waals surface area (Å²) < 4.78 is 23.8. The van der Waals surface area contributed by atoms with Gasteiger partial charge in [0.15, 0.2) is 11.5 Å². The van der Waals surface area contributed by atoms with Crippen LogP contribution in [0.4, 0.5) is 4.39 Å². The summed E-state index contributed by atoms with van der Waals surface area (Å²) >= 11 is 0. The van der Waals surface area contributed by atoms with Crippen LogP contribution in [0.3, 0.4) is 0 Å². The summed E-state index contributed by atoms with van der Waals surface area (Å²) in [6, 6.07) is 12.3. The summed E-state index contributed by atoms with van der Waals surface area (Å²) in [4.78, 5) is 17.1. The summed E-state index contributed by atoms with van der Waals surface area (Å²) in [6.45, 7) is 3.41. The normalized spacial score (nSPS) is 15.5. The number of halogens is 1. The minimum atomic E-state index is -0.265. The van der Waals surface area contributed by atoms with E-state index in [0.29, 0.717) is 0 Å². The number of carbonyl (C=O) groups excluding carboxylic acids is 1. The smallest absolute Gasteiger partial charge is 0.249 e. The SMILES string of the molecule is COc1ccc(CCN(C)CCCN2CCCC(=Cc3ccc(F)cc3)C2=O)cc1OC. The Morgan fingerprint density at radius 3 is 2.53 bits per heavy atom. The van der Waals surface area contributed by atoms with Crippen molar-refractivity contribution in [2.24, 2.45) is 0 Å². The van der Waals surface area contributed by atoms with Crippen LogP contribution in [0.25, 0.3) is 6.08 Å². The Balaban J connectivity index is 1.45. The standard InChI is InChI=1S/C26H33FN2O3/c1-28(17-13-21-9-12-24(31-2)25(19-21)32-3)14-5-16-29-15-4-6-22(26(29)30)18-20-7-10-23(27)11-8-20/h7-12,18-19H,4-6,13-17H2,1-3H3. The van der Waals surface area contributed by atoms with E-state index in [0.717, 1.165) is 74.5 Å². The van der Waals surface area contributed by atoms with Gasteiger partial charge in [0.2, 0.25) is 5.91 Å². The molecule has 0 atom stereocenters. The number of nitrogens with zero attached hydrogens (tertiary/aromatic N) is 2. The van der Waals surface area contributed by atoms with Crippen molar-refractivity contribution in [2.75, 3.05) is 47.4 Å². The van der Waals surface area contributed by atoms with Gasteiger partial charge in [0.05, 0.1) is 14.2 Å². The van der Waals surface area contributed by atoms with Crippen LogP contribution >= 0.6 is 0 Å². The quantitative estimate of drug-likeness (QED) is 0.513. The van der Waals surface area contributed by atoms with Gasteiger partial charge in [-0.15, -0.1) is 0 Å². The van der Waals surface area contributed by atoms with E-state index >= 15 is 0 Å². The van der Waals surface area contributed by atoms with Crippen molar-refractivity contribution < 1.29 is 18.7 Å². The van der Waals surface area contributed by atoms with Gasteiger partial charge in [-0.1, -0.05) is 18.2 Å². The molecule has 0 bridgehead atoms. The Morgan fingerprint density at radius 1 is 1.06 bits per heavy atom. The Morgan fingerprint density at radius 2 is 1.81 bits per heavy atom. The molecule has 0 unspecified atom stereocenters. The predicted octanol–water partition coefficient (Wildman–Crippen LogP) is 4.41. The lowest BCUT2D eigenvalue weighted by Gasteiger charge is -2.29. The molecule has 1 fully saturated rings. The van der Waals surface area contributed by atoms with Gasteiger partial charge in [0.25, 0.3) is 0 Å². The van der Waals surface area contributed by atoms with Crippen LogP contribution in [0.1, 0.15) is 30.4 Å². The zero-order chi connectivity index (χ0) is 22.9. The molecule has 172 valence electrons. The molecule has 0 radical (unpaired) electrons. The first kappa shape index (κ1) is 23.8. The molecular weight excluding hydrogens is 407 g/mol. The molecule has 1 amide bonds. The van der Waals surface area contributed by atoms with Crippen molar-refractivity contribution in [3.8, 4) is 11.5 Å². The number of carbonyl (C=O) groups is 1. The minimum Gasteiger partial charge on any atom is -0.493 e.